The predicted octanol–water partition coefficient (Wildman–Crippen LogP) is -1.27. The summed E-state index contributed by atoms with van der Waals surface area (Å²) in [5, 5.41) is 22.8. The molecule has 17 heteroatoms. The number of benzene rings is 1. The lowest BCUT2D eigenvalue weighted by Gasteiger charge is -2.27. The molecule has 0 aliphatic carbocycles. The number of H-pyrrole nitrogens is 1. The molecule has 1 saturated heterocycles. The van der Waals surface area contributed by atoms with E-state index in [2.05, 4.69) is 52.5 Å². The smallest absolute Gasteiger partial charge is 0.305 e. The first-order chi connectivity index (χ1) is 21.3. The van der Waals surface area contributed by atoms with E-state index in [1.165, 1.54) is 0 Å². The lowest BCUT2D eigenvalue weighted by Crippen LogP contribution is -2.59. The molecule has 0 bridgehead atoms. The Morgan fingerprint density at radius 2 is 1.67 bits per heavy atom. The molecule has 0 radical (unpaired) electrons. The van der Waals surface area contributed by atoms with E-state index in [0.717, 1.165) is 15.4 Å². The van der Waals surface area contributed by atoms with Crippen LogP contribution in [0.2, 0.25) is 0 Å². The Morgan fingerprint density at radius 3 is 2.33 bits per heavy atom. The standard InChI is InChI=1S/C28H38BrN9O7/c1-13(2)22-27(45)36-17(7-4-8-32-28(30)31)24(42)34-12-20(39)35-19(10-21(40)41)25(43)37-18(26(44)38-22)9-14-11-33-23-15(14)5-3-6-16(23)29/h3,5-6,11,13,17-19,22,33H,4,7-10,12H2,1-2H3,(H,34,42)(H,35,39)(H,36,45)(H,37,43)(H,38,44)(H,40,41)(H4,30,31,32)/t17-,18-,19-,22+/m0/s1. The number of carbonyl (C=O) groups is 6. The van der Waals surface area contributed by atoms with Crippen molar-refractivity contribution in [1.29, 1.82) is 0 Å². The van der Waals surface area contributed by atoms with Gasteiger partial charge in [0.2, 0.25) is 29.5 Å². The van der Waals surface area contributed by atoms with E-state index in [1.54, 1.807) is 26.1 Å². The molecule has 2 aromatic rings. The zero-order valence-electron chi connectivity index (χ0n) is 24.8. The molecule has 244 valence electrons. The van der Waals surface area contributed by atoms with Crippen LogP contribution in [0.3, 0.4) is 0 Å². The highest BCUT2D eigenvalue weighted by Crippen LogP contribution is 2.26. The van der Waals surface area contributed by atoms with E-state index in [4.69, 9.17) is 11.5 Å². The summed E-state index contributed by atoms with van der Waals surface area (Å²) < 4.78 is 0.776. The number of aliphatic imine (C=N–C) groups is 1. The Balaban J connectivity index is 1.98. The molecule has 11 N–H and O–H groups in total. The number of hydrogen-bond acceptors (Lipinski definition) is 7. The Bertz CT molecular complexity index is 1470. The number of aliphatic carboxylic acids is 1. The molecule has 0 spiro atoms. The van der Waals surface area contributed by atoms with Crippen LogP contribution in [0.15, 0.2) is 33.9 Å². The summed E-state index contributed by atoms with van der Waals surface area (Å²) in [5.41, 5.74) is 12.1. The van der Waals surface area contributed by atoms with Crippen molar-refractivity contribution in [3.8, 4) is 0 Å². The Labute approximate surface area is 267 Å². The van der Waals surface area contributed by atoms with Crippen molar-refractivity contribution < 1.29 is 33.9 Å². The van der Waals surface area contributed by atoms with Crippen molar-refractivity contribution in [1.82, 2.24) is 31.6 Å². The second-order valence-electron chi connectivity index (χ2n) is 10.9. The number of nitrogens with zero attached hydrogens (tertiary/aromatic N) is 1. The van der Waals surface area contributed by atoms with Crippen molar-refractivity contribution >= 4 is 68.3 Å². The van der Waals surface area contributed by atoms with E-state index >= 15 is 0 Å². The number of amides is 5. The normalized spacial score (nSPS) is 21.9. The largest absolute Gasteiger partial charge is 0.481 e. The maximum Gasteiger partial charge on any atom is 0.305 e. The highest BCUT2D eigenvalue weighted by atomic mass is 79.9. The second kappa shape index (κ2) is 15.9. The first-order valence-corrected chi connectivity index (χ1v) is 15.1. The number of rotatable bonds is 9. The van der Waals surface area contributed by atoms with Crippen LogP contribution < -0.4 is 38.1 Å². The van der Waals surface area contributed by atoms with Gasteiger partial charge in [0.1, 0.15) is 24.2 Å². The van der Waals surface area contributed by atoms with Crippen LogP contribution in [0.1, 0.15) is 38.7 Å². The van der Waals surface area contributed by atoms with Crippen molar-refractivity contribution in [2.45, 2.75) is 63.7 Å². The zero-order valence-corrected chi connectivity index (χ0v) is 26.4. The van der Waals surface area contributed by atoms with E-state index in [9.17, 15) is 33.9 Å². The van der Waals surface area contributed by atoms with Gasteiger partial charge in [-0.05, 0) is 46.3 Å². The maximum atomic E-state index is 13.8. The second-order valence-corrected chi connectivity index (χ2v) is 11.8. The SMILES string of the molecule is CC(C)[C@H]1NC(=O)[C@H](Cc2c[nH]c3c(Br)cccc23)NC(=O)[C@H](CC(=O)O)NC(=O)CNC(=O)[C@H](CCCN=C(N)N)NC1=O. The molecular weight excluding hydrogens is 654 g/mol. The average Bonchev–Trinajstić information content (AvgIpc) is 3.38. The molecule has 2 heterocycles. The third kappa shape index (κ3) is 9.92. The molecule has 0 unspecified atom stereocenters. The number of carboxylic acids is 1. The third-order valence-electron chi connectivity index (χ3n) is 7.09. The lowest BCUT2D eigenvalue weighted by molar-refractivity contribution is -0.141. The van der Waals surface area contributed by atoms with E-state index in [0.29, 0.717) is 12.0 Å². The van der Waals surface area contributed by atoms with E-state index < -0.39 is 78.6 Å². The molecule has 1 aromatic heterocycles. The zero-order chi connectivity index (χ0) is 33.3. The van der Waals surface area contributed by atoms with Crippen molar-refractivity contribution in [3.05, 3.63) is 34.4 Å². The summed E-state index contributed by atoms with van der Waals surface area (Å²) in [6.07, 6.45) is 1.24. The van der Waals surface area contributed by atoms with Crippen molar-refractivity contribution in [3.63, 3.8) is 0 Å². The average molecular weight is 693 g/mol. The molecule has 16 nitrogen and oxygen atoms in total. The van der Waals surface area contributed by atoms with Crippen LogP contribution in [0, 0.1) is 5.92 Å². The molecule has 0 saturated carbocycles. The molecule has 1 fully saturated rings. The van der Waals surface area contributed by atoms with Gasteiger partial charge in [0.05, 0.1) is 18.5 Å². The number of aromatic amines is 1. The number of fused-ring (bicyclic) bond motifs is 1. The quantitative estimate of drug-likeness (QED) is 0.0860. The van der Waals surface area contributed by atoms with Gasteiger partial charge >= 0.3 is 5.97 Å². The highest BCUT2D eigenvalue weighted by molar-refractivity contribution is 9.10. The van der Waals surface area contributed by atoms with E-state index in [1.807, 2.05) is 12.1 Å². The van der Waals surface area contributed by atoms with Crippen LogP contribution in [0.5, 0.6) is 0 Å². The predicted molar refractivity (Wildman–Crippen MR) is 167 cm³/mol. The summed E-state index contributed by atoms with van der Waals surface area (Å²) in [5.74, 6) is -5.86. The Morgan fingerprint density at radius 1 is 0.978 bits per heavy atom. The summed E-state index contributed by atoms with van der Waals surface area (Å²) in [7, 11) is 0. The fourth-order valence-electron chi connectivity index (χ4n) is 4.79. The molecule has 3 rings (SSSR count). The van der Waals surface area contributed by atoms with E-state index in [-0.39, 0.29) is 25.3 Å². The summed E-state index contributed by atoms with van der Waals surface area (Å²) in [6, 6.07) is 0.366. The molecule has 1 aromatic carbocycles. The number of nitrogens with one attached hydrogen (secondary N) is 6. The monoisotopic (exact) mass is 691 g/mol. The van der Waals surface area contributed by atoms with Crippen molar-refractivity contribution in [2.24, 2.45) is 22.4 Å². The van der Waals surface area contributed by atoms with Gasteiger partial charge in [-0.15, -0.1) is 0 Å². The topological polar surface area (TPSA) is 263 Å². The number of carboxylic acid groups (broad SMARTS) is 1. The number of guanidine groups is 1. The van der Waals surface area contributed by atoms with Crippen LogP contribution >= 0.6 is 15.9 Å². The van der Waals surface area contributed by atoms with Gasteiger partial charge in [0, 0.05) is 29.0 Å². The molecular formula is C28H38BrN9O7. The van der Waals surface area contributed by atoms with Gasteiger partial charge in [-0.25, -0.2) is 0 Å². The van der Waals surface area contributed by atoms with Crippen molar-refractivity contribution in [2.75, 3.05) is 13.1 Å². The minimum Gasteiger partial charge on any atom is -0.481 e. The number of nitrogens with two attached hydrogens (primary N) is 2. The Kier molecular flexibility index (Phi) is 12.3. The van der Waals surface area contributed by atoms with Gasteiger partial charge in [-0.3, -0.25) is 33.8 Å². The van der Waals surface area contributed by atoms with Crippen LogP contribution in [0.25, 0.3) is 10.9 Å². The number of hydrogen-bond donors (Lipinski definition) is 9. The molecule has 1 aliphatic heterocycles. The molecule has 45 heavy (non-hydrogen) atoms. The van der Waals surface area contributed by atoms with Gasteiger partial charge in [-0.1, -0.05) is 26.0 Å². The molecule has 5 amide bonds. The number of halogens is 1. The summed E-state index contributed by atoms with van der Waals surface area (Å²) >= 11 is 3.47. The van der Waals surface area contributed by atoms with Gasteiger partial charge in [0.25, 0.3) is 0 Å². The number of aromatic nitrogens is 1. The molecule has 4 atom stereocenters. The summed E-state index contributed by atoms with van der Waals surface area (Å²) in [6.45, 7) is 2.95. The van der Waals surface area contributed by atoms with Gasteiger partial charge in [-0.2, -0.15) is 0 Å². The molecule has 1 aliphatic rings. The maximum absolute atomic E-state index is 13.8. The van der Waals surface area contributed by atoms with Gasteiger partial charge < -0.3 is 48.1 Å². The summed E-state index contributed by atoms with van der Waals surface area (Å²) in [4.78, 5) is 84.9. The first kappa shape index (κ1) is 34.8. The van der Waals surface area contributed by atoms with Gasteiger partial charge in [0.15, 0.2) is 5.96 Å². The minimum atomic E-state index is -1.57. The fraction of sp³-hybridized carbons (Fsp3) is 0.464. The number of para-hydroxylation sites is 1. The van der Waals surface area contributed by atoms with Crippen LogP contribution in [-0.2, 0) is 35.2 Å². The third-order valence-corrected chi connectivity index (χ3v) is 7.75. The first-order valence-electron chi connectivity index (χ1n) is 14.3. The minimum absolute atomic E-state index is 0.0400. The lowest BCUT2D eigenvalue weighted by atomic mass is 9.99. The van der Waals surface area contributed by atoms with Crippen LogP contribution in [-0.4, -0.2) is 88.8 Å². The Hall–Kier alpha value is -4.67. The highest BCUT2D eigenvalue weighted by Gasteiger charge is 2.34. The fourth-order valence-corrected chi connectivity index (χ4v) is 5.27. The number of carbonyl (C=O) groups excluding carboxylic acids is 5. The van der Waals surface area contributed by atoms with Crippen LogP contribution in [0.4, 0.5) is 0 Å².